The average Bonchev–Trinajstić information content (AvgIpc) is 0. The molecule has 0 bridgehead atoms. The Hall–Kier alpha value is 1.35. The standard InChI is InChI=1S/3CH3.Sr/h3*1H3;/q2*-1;+1;+2. The predicted octanol–water partition coefficient (Wildman–Crippen LogP) is 0.970. The van der Waals surface area contributed by atoms with Gasteiger partial charge in [0.2, 0.25) is 0 Å². The Labute approximate surface area is 66.9 Å². The molecule has 0 saturated heterocycles. The molecule has 0 unspecified atom stereocenters. The van der Waals surface area contributed by atoms with E-state index in [9.17, 15) is 0 Å². The van der Waals surface area contributed by atoms with Gasteiger partial charge >= 0.3 is 45.5 Å². The van der Waals surface area contributed by atoms with Crippen molar-refractivity contribution in [3.8, 4) is 0 Å². The van der Waals surface area contributed by atoms with Crippen molar-refractivity contribution in [2.24, 2.45) is 0 Å². The van der Waals surface area contributed by atoms with E-state index in [1.807, 2.05) is 0 Å². The molecule has 0 rings (SSSR count). The summed E-state index contributed by atoms with van der Waals surface area (Å²) in [7, 11) is 0. The molecule has 0 aliphatic carbocycles. The Morgan fingerprint density at radius 2 is 0.750 bits per heavy atom. The second-order valence-electron chi connectivity index (χ2n) is 0. The molecule has 0 aliphatic rings. The molecule has 1 heteroatoms. The summed E-state index contributed by atoms with van der Waals surface area (Å²) in [5.74, 6) is 0. The summed E-state index contributed by atoms with van der Waals surface area (Å²) in [6, 6.07) is 0. The maximum Gasteiger partial charge on any atom is 2.00 e. The molecule has 4 heavy (non-hydrogen) atoms. The first-order chi connectivity index (χ1) is 0. The van der Waals surface area contributed by atoms with E-state index in [0.29, 0.717) is 0 Å². The van der Waals surface area contributed by atoms with Crippen LogP contribution in [0.15, 0.2) is 0 Å². The maximum absolute atomic E-state index is 0. The zero-order valence-corrected chi connectivity index (χ0v) is 7.18. The molecule has 0 aromatic heterocycles. The van der Waals surface area contributed by atoms with E-state index >= 15 is 0 Å². The summed E-state index contributed by atoms with van der Waals surface area (Å²) in [5, 5.41) is 0. The summed E-state index contributed by atoms with van der Waals surface area (Å²) in [5.41, 5.74) is 0. The van der Waals surface area contributed by atoms with Gasteiger partial charge in [0.1, 0.15) is 0 Å². The molecule has 0 spiro atoms. The van der Waals surface area contributed by atoms with Gasteiger partial charge in [-0.25, -0.2) is 0 Å². The molecule has 0 aromatic carbocycles. The molecule has 22 valence electrons. The van der Waals surface area contributed by atoms with Crippen molar-refractivity contribution in [2.75, 3.05) is 0 Å². The third-order valence-corrected chi connectivity index (χ3v) is 0. The van der Waals surface area contributed by atoms with Crippen molar-refractivity contribution in [3.63, 3.8) is 0 Å². The molecule has 0 aliphatic heterocycles. The Morgan fingerprint density at radius 1 is 0.750 bits per heavy atom. The second-order valence-corrected chi connectivity index (χ2v) is 0. The van der Waals surface area contributed by atoms with Gasteiger partial charge in [-0.05, 0) is 0 Å². The molecule has 0 nitrogen and oxygen atoms in total. The van der Waals surface area contributed by atoms with E-state index in [2.05, 4.69) is 0 Å². The van der Waals surface area contributed by atoms with Gasteiger partial charge in [0.15, 0.2) is 0 Å². The Balaban J connectivity index is 0. The minimum atomic E-state index is 0. The van der Waals surface area contributed by atoms with Crippen molar-refractivity contribution in [2.45, 2.75) is 0 Å². The molecular formula is C3H9Sr+. The Kier molecular flexibility index (Phi) is 372. The molecular weight excluding hydrogens is 124 g/mol. The largest absolute Gasteiger partial charge is 2.00 e. The van der Waals surface area contributed by atoms with E-state index in [1.165, 1.54) is 0 Å². The van der Waals surface area contributed by atoms with Crippen LogP contribution in [0.2, 0.25) is 0 Å². The van der Waals surface area contributed by atoms with Crippen molar-refractivity contribution in [1.29, 1.82) is 0 Å². The average molecular weight is 133 g/mol. The monoisotopic (exact) mass is 133 g/mol. The molecule has 0 amide bonds. The van der Waals surface area contributed by atoms with Crippen molar-refractivity contribution in [3.05, 3.63) is 22.3 Å². The minimum absolute atomic E-state index is 0. The van der Waals surface area contributed by atoms with Gasteiger partial charge in [0.25, 0.3) is 0 Å². The molecule has 0 aromatic rings. The first kappa shape index (κ1) is 55.5. The summed E-state index contributed by atoms with van der Waals surface area (Å²) in [6.07, 6.45) is 0. The zero-order valence-electron chi connectivity index (χ0n) is 3.71. The van der Waals surface area contributed by atoms with Crippen LogP contribution in [0.5, 0.6) is 0 Å². The SMILES string of the molecule is [CH3+].[CH3-].[CH3-].[Sr+2]. The molecule has 0 fully saturated rings. The van der Waals surface area contributed by atoms with Gasteiger partial charge < -0.3 is 14.9 Å². The molecule has 0 heterocycles. The van der Waals surface area contributed by atoms with Gasteiger partial charge in [-0.1, -0.05) is 0 Å². The minimum Gasteiger partial charge on any atom is -0.358 e. The zero-order chi connectivity index (χ0) is 0. The number of hydrogen-bond donors (Lipinski definition) is 0. The van der Waals surface area contributed by atoms with Crippen LogP contribution in [-0.4, -0.2) is 45.5 Å². The van der Waals surface area contributed by atoms with Crippen LogP contribution < -0.4 is 0 Å². The fourth-order valence-corrected chi connectivity index (χ4v) is 0. The molecule has 0 saturated carbocycles. The third-order valence-electron chi connectivity index (χ3n) is 0. The van der Waals surface area contributed by atoms with E-state index in [-0.39, 0.29) is 67.8 Å². The van der Waals surface area contributed by atoms with Crippen LogP contribution in [0.4, 0.5) is 0 Å². The quantitative estimate of drug-likeness (QED) is 0.341. The summed E-state index contributed by atoms with van der Waals surface area (Å²) in [4.78, 5) is 0. The molecule has 0 N–H and O–H groups in total. The fourth-order valence-electron chi connectivity index (χ4n) is 0. The van der Waals surface area contributed by atoms with Gasteiger partial charge in [0.05, 0.1) is 0 Å². The molecule has 0 atom stereocenters. The summed E-state index contributed by atoms with van der Waals surface area (Å²) >= 11 is 0. The van der Waals surface area contributed by atoms with Crippen LogP contribution in [0.25, 0.3) is 0 Å². The van der Waals surface area contributed by atoms with Crippen LogP contribution in [0.3, 0.4) is 0 Å². The van der Waals surface area contributed by atoms with E-state index in [1.54, 1.807) is 0 Å². The van der Waals surface area contributed by atoms with Crippen LogP contribution >= 0.6 is 0 Å². The topological polar surface area (TPSA) is 0 Å². The number of hydrogen-bond acceptors (Lipinski definition) is 0. The van der Waals surface area contributed by atoms with Crippen LogP contribution in [-0.2, 0) is 0 Å². The predicted molar refractivity (Wildman–Crippen MR) is 25.0 cm³/mol. The van der Waals surface area contributed by atoms with Crippen molar-refractivity contribution in [1.82, 2.24) is 0 Å². The van der Waals surface area contributed by atoms with Gasteiger partial charge in [0, 0.05) is 7.43 Å². The first-order valence-electron chi connectivity index (χ1n) is 0. The Morgan fingerprint density at radius 3 is 0.750 bits per heavy atom. The van der Waals surface area contributed by atoms with Crippen molar-refractivity contribution >= 4 is 45.5 Å². The van der Waals surface area contributed by atoms with Gasteiger partial charge in [-0.15, -0.1) is 0 Å². The van der Waals surface area contributed by atoms with Crippen molar-refractivity contribution < 1.29 is 0 Å². The van der Waals surface area contributed by atoms with Crippen LogP contribution in [0.1, 0.15) is 0 Å². The first-order valence-corrected chi connectivity index (χ1v) is 0. The summed E-state index contributed by atoms with van der Waals surface area (Å²) < 4.78 is 0. The van der Waals surface area contributed by atoms with E-state index < -0.39 is 0 Å². The Bertz CT molecular complexity index is 3.25. The normalized spacial score (nSPS) is 0. The second kappa shape index (κ2) is 26.8. The van der Waals surface area contributed by atoms with E-state index in [4.69, 9.17) is 0 Å². The molecule has 0 radical (unpaired) electrons. The smallest absolute Gasteiger partial charge is 0.358 e. The number of rotatable bonds is 0. The van der Waals surface area contributed by atoms with E-state index in [0.717, 1.165) is 0 Å². The van der Waals surface area contributed by atoms with Gasteiger partial charge in [-0.3, -0.25) is 0 Å². The van der Waals surface area contributed by atoms with Crippen LogP contribution in [0, 0.1) is 22.3 Å². The maximum atomic E-state index is 0. The van der Waals surface area contributed by atoms with Gasteiger partial charge in [-0.2, -0.15) is 0 Å². The summed E-state index contributed by atoms with van der Waals surface area (Å²) in [6.45, 7) is 0. The third kappa shape index (κ3) is 10.1. The fraction of sp³-hybridized carbons (Fsp3) is 0.